The van der Waals surface area contributed by atoms with Crippen LogP contribution in [0.15, 0.2) is 29.2 Å². The van der Waals surface area contributed by atoms with E-state index in [-0.39, 0.29) is 29.5 Å². The predicted octanol–water partition coefficient (Wildman–Crippen LogP) is 0.0418. The van der Waals surface area contributed by atoms with Crippen LogP contribution in [0.2, 0.25) is 0 Å². The number of hydrogen-bond donors (Lipinski definition) is 2. The Bertz CT molecular complexity index is 1240. The van der Waals surface area contributed by atoms with Crippen LogP contribution in [0.3, 0.4) is 0 Å². The molecule has 12 nitrogen and oxygen atoms in total. The number of carbonyl (C=O) groups is 2. The van der Waals surface area contributed by atoms with Crippen molar-refractivity contribution >= 4 is 37.7 Å². The minimum Gasteiger partial charge on any atom is -0.481 e. The second-order valence-corrected chi connectivity index (χ2v) is 10.4. The number of ether oxygens (including phenoxy) is 2. The molecular weight excluding hydrogens is 464 g/mol. The summed E-state index contributed by atoms with van der Waals surface area (Å²) in [5.74, 6) is -2.89. The number of carbonyl (C=O) groups excluding carboxylic acids is 2. The van der Waals surface area contributed by atoms with Gasteiger partial charge in [0.1, 0.15) is 5.75 Å². The van der Waals surface area contributed by atoms with Crippen LogP contribution in [0.5, 0.6) is 5.88 Å². The summed E-state index contributed by atoms with van der Waals surface area (Å²) >= 11 is 0. The Labute approximate surface area is 185 Å². The van der Waals surface area contributed by atoms with E-state index < -0.39 is 42.4 Å². The van der Waals surface area contributed by atoms with E-state index in [1.807, 2.05) is 0 Å². The maximum absolute atomic E-state index is 12.9. The van der Waals surface area contributed by atoms with Crippen molar-refractivity contribution < 1.29 is 35.9 Å². The summed E-state index contributed by atoms with van der Waals surface area (Å²) in [4.78, 5) is 31.9. The van der Waals surface area contributed by atoms with Crippen molar-refractivity contribution in [1.82, 2.24) is 14.7 Å². The monoisotopic (exact) mass is 486 g/mol. The minimum atomic E-state index is -4.34. The molecule has 0 bridgehead atoms. The van der Waals surface area contributed by atoms with Crippen LogP contribution in [0.1, 0.15) is 21.6 Å². The number of amides is 1. The Kier molecular flexibility index (Phi) is 7.87. The van der Waals surface area contributed by atoms with Gasteiger partial charge in [-0.25, -0.2) is 31.3 Å². The van der Waals surface area contributed by atoms with Crippen LogP contribution in [-0.4, -0.2) is 64.9 Å². The molecule has 0 unspecified atom stereocenters. The molecule has 0 spiro atoms. The normalized spacial score (nSPS) is 11.6. The summed E-state index contributed by atoms with van der Waals surface area (Å²) in [5.41, 5.74) is 0.444. The zero-order valence-electron chi connectivity index (χ0n) is 17.7. The minimum absolute atomic E-state index is 0.152. The number of nitrogens with zero attached hydrogens (tertiary/aromatic N) is 2. The molecule has 0 fully saturated rings. The largest absolute Gasteiger partial charge is 0.481 e. The van der Waals surface area contributed by atoms with E-state index in [1.54, 1.807) is 6.92 Å². The number of sulfone groups is 1. The van der Waals surface area contributed by atoms with Crippen molar-refractivity contribution in [3.63, 3.8) is 0 Å². The van der Waals surface area contributed by atoms with Crippen LogP contribution in [-0.2, 0) is 35.9 Å². The van der Waals surface area contributed by atoms with Gasteiger partial charge in [0.15, 0.2) is 9.84 Å². The third-order valence-corrected chi connectivity index (χ3v) is 6.26. The lowest BCUT2D eigenvalue weighted by molar-refractivity contribution is -0.113. The van der Waals surface area contributed by atoms with Gasteiger partial charge >= 0.3 is 5.97 Å². The zero-order chi connectivity index (χ0) is 24.1. The van der Waals surface area contributed by atoms with Crippen molar-refractivity contribution in [2.45, 2.75) is 18.4 Å². The van der Waals surface area contributed by atoms with Crippen molar-refractivity contribution in [3.05, 3.63) is 41.1 Å². The first-order valence-corrected chi connectivity index (χ1v) is 12.5. The Morgan fingerprint density at radius 2 is 1.75 bits per heavy atom. The maximum atomic E-state index is 12.9. The molecule has 0 aliphatic carbocycles. The number of nitrogens with one attached hydrogen (secondary N) is 2. The maximum Gasteiger partial charge on any atom is 0.339 e. The Balaban J connectivity index is 2.34. The molecule has 1 amide bonds. The SMILES string of the molecule is COC(=O)c1ccc(CNS(C)(=O)=O)cc1S(=O)(=O)CC(=O)Nc1nc(C)cc(OC)n1. The Hall–Kier alpha value is -3.10. The second kappa shape index (κ2) is 10.0. The molecule has 0 radical (unpaired) electrons. The standard InChI is InChI=1S/C18H22N4O8S2/c1-11-7-16(29-2)22-18(20-11)21-15(23)10-32(27,28)14-8-12(9-19-31(4,25)26)5-6-13(14)17(24)30-3/h5-8,19H,9-10H2,1-4H3,(H,20,21,22,23). The number of aryl methyl sites for hydroxylation is 1. The van der Waals surface area contributed by atoms with Gasteiger partial charge in [0.2, 0.25) is 27.8 Å². The number of sulfonamides is 1. The first-order chi connectivity index (χ1) is 14.8. The molecule has 0 saturated carbocycles. The number of hydrogen-bond acceptors (Lipinski definition) is 10. The predicted molar refractivity (Wildman–Crippen MR) is 113 cm³/mol. The number of rotatable bonds is 9. The van der Waals surface area contributed by atoms with Crippen molar-refractivity contribution in [3.8, 4) is 5.88 Å². The van der Waals surface area contributed by atoms with Gasteiger partial charge in [0, 0.05) is 18.3 Å². The average molecular weight is 487 g/mol. The van der Waals surface area contributed by atoms with Gasteiger partial charge in [-0.1, -0.05) is 6.07 Å². The molecule has 0 aliphatic heterocycles. The molecule has 2 N–H and O–H groups in total. The van der Waals surface area contributed by atoms with Gasteiger partial charge in [-0.15, -0.1) is 0 Å². The lowest BCUT2D eigenvalue weighted by Crippen LogP contribution is -2.26. The molecule has 2 rings (SSSR count). The van der Waals surface area contributed by atoms with Crippen LogP contribution in [0.4, 0.5) is 5.95 Å². The van der Waals surface area contributed by atoms with E-state index in [0.717, 1.165) is 19.4 Å². The second-order valence-electron chi connectivity index (χ2n) is 6.60. The Morgan fingerprint density at radius 1 is 1.06 bits per heavy atom. The average Bonchev–Trinajstić information content (AvgIpc) is 2.69. The van der Waals surface area contributed by atoms with Crippen molar-refractivity contribution in [2.75, 3.05) is 31.5 Å². The van der Waals surface area contributed by atoms with E-state index in [4.69, 9.17) is 4.74 Å². The van der Waals surface area contributed by atoms with Crippen LogP contribution in [0.25, 0.3) is 0 Å². The molecule has 14 heteroatoms. The number of methoxy groups -OCH3 is 2. The first kappa shape index (κ1) is 25.2. The lowest BCUT2D eigenvalue weighted by atomic mass is 10.1. The fourth-order valence-corrected chi connectivity index (χ4v) is 4.36. The fraction of sp³-hybridized carbons (Fsp3) is 0.333. The molecule has 32 heavy (non-hydrogen) atoms. The third kappa shape index (κ3) is 6.96. The van der Waals surface area contributed by atoms with Gasteiger partial charge in [-0.05, 0) is 24.6 Å². The highest BCUT2D eigenvalue weighted by molar-refractivity contribution is 7.92. The van der Waals surface area contributed by atoms with E-state index in [2.05, 4.69) is 24.7 Å². The van der Waals surface area contributed by atoms with Crippen LogP contribution in [0, 0.1) is 6.92 Å². The van der Waals surface area contributed by atoms with Crippen LogP contribution < -0.4 is 14.8 Å². The van der Waals surface area contributed by atoms with Crippen LogP contribution >= 0.6 is 0 Å². The zero-order valence-corrected chi connectivity index (χ0v) is 19.3. The first-order valence-electron chi connectivity index (χ1n) is 8.93. The number of aromatic nitrogens is 2. The summed E-state index contributed by atoms with van der Waals surface area (Å²) in [5, 5.41) is 2.28. The highest BCUT2D eigenvalue weighted by atomic mass is 32.2. The molecule has 1 aromatic carbocycles. The molecule has 0 aliphatic rings. The topological polar surface area (TPSA) is 171 Å². The highest BCUT2D eigenvalue weighted by Gasteiger charge is 2.27. The van der Waals surface area contributed by atoms with Crippen molar-refractivity contribution in [2.24, 2.45) is 0 Å². The van der Waals surface area contributed by atoms with E-state index >= 15 is 0 Å². The van der Waals surface area contributed by atoms with Gasteiger partial charge in [-0.2, -0.15) is 4.98 Å². The molecule has 0 atom stereocenters. The third-order valence-electron chi connectivity index (χ3n) is 3.94. The lowest BCUT2D eigenvalue weighted by Gasteiger charge is -2.12. The molecule has 0 saturated heterocycles. The number of anilines is 1. The number of esters is 1. The van der Waals surface area contributed by atoms with E-state index in [9.17, 15) is 26.4 Å². The summed E-state index contributed by atoms with van der Waals surface area (Å²) in [6.45, 7) is 1.42. The summed E-state index contributed by atoms with van der Waals surface area (Å²) in [6, 6.07) is 5.19. The van der Waals surface area contributed by atoms with Gasteiger partial charge in [-0.3, -0.25) is 10.1 Å². The molecule has 1 aromatic heterocycles. The fourth-order valence-electron chi connectivity index (χ4n) is 2.54. The molecule has 2 aromatic rings. The highest BCUT2D eigenvalue weighted by Crippen LogP contribution is 2.21. The number of benzene rings is 1. The molecule has 1 heterocycles. The molecule has 174 valence electrons. The van der Waals surface area contributed by atoms with Gasteiger partial charge in [0.25, 0.3) is 0 Å². The smallest absolute Gasteiger partial charge is 0.339 e. The van der Waals surface area contributed by atoms with Gasteiger partial charge < -0.3 is 9.47 Å². The van der Waals surface area contributed by atoms with Gasteiger partial charge in [0.05, 0.1) is 30.9 Å². The van der Waals surface area contributed by atoms with E-state index in [0.29, 0.717) is 5.69 Å². The Morgan fingerprint density at radius 3 is 2.34 bits per heavy atom. The quantitative estimate of drug-likeness (QED) is 0.461. The summed E-state index contributed by atoms with van der Waals surface area (Å²) < 4.78 is 60.3. The van der Waals surface area contributed by atoms with Crippen molar-refractivity contribution in [1.29, 1.82) is 0 Å². The molecular formula is C18H22N4O8S2. The van der Waals surface area contributed by atoms with E-state index in [1.165, 1.54) is 25.3 Å². The summed E-state index contributed by atoms with van der Waals surface area (Å²) in [7, 11) is -5.44. The summed E-state index contributed by atoms with van der Waals surface area (Å²) in [6.07, 6.45) is 0.945.